The molecular weight excluding hydrogens is 272 g/mol. The van der Waals surface area contributed by atoms with E-state index in [2.05, 4.69) is 20.8 Å². The summed E-state index contributed by atoms with van der Waals surface area (Å²) in [4.78, 5) is 23.0. The molecule has 1 fully saturated rings. The molecule has 1 aromatic heterocycles. The minimum atomic E-state index is -0.728. The first kappa shape index (κ1) is 15.5. The Bertz CT molecular complexity index is 507. The van der Waals surface area contributed by atoms with Gasteiger partial charge in [-0.05, 0) is 39.2 Å². The molecular formula is C14H22N4O3. The Morgan fingerprint density at radius 2 is 2.14 bits per heavy atom. The van der Waals surface area contributed by atoms with Gasteiger partial charge < -0.3 is 15.7 Å². The van der Waals surface area contributed by atoms with E-state index in [-0.39, 0.29) is 24.3 Å². The van der Waals surface area contributed by atoms with Crippen molar-refractivity contribution < 1.29 is 14.7 Å². The molecule has 0 bridgehead atoms. The van der Waals surface area contributed by atoms with Crippen LogP contribution in [0.2, 0.25) is 0 Å². The van der Waals surface area contributed by atoms with Gasteiger partial charge in [-0.2, -0.15) is 5.10 Å². The number of carbonyl (C=O) groups excluding carboxylic acids is 1. The number of hydrogen-bond acceptors (Lipinski definition) is 4. The summed E-state index contributed by atoms with van der Waals surface area (Å²) in [6.07, 6.45) is 2.59. The number of carbonyl (C=O) groups is 2. The molecule has 1 aliphatic carbocycles. The van der Waals surface area contributed by atoms with Crippen molar-refractivity contribution in [3.63, 3.8) is 0 Å². The summed E-state index contributed by atoms with van der Waals surface area (Å²) in [5.74, 6) is -1.03. The van der Waals surface area contributed by atoms with Crippen LogP contribution in [0.5, 0.6) is 0 Å². The lowest BCUT2D eigenvalue weighted by molar-refractivity contribution is -0.142. The van der Waals surface area contributed by atoms with E-state index < -0.39 is 5.97 Å². The number of hydrogen-bond donors (Lipinski definition) is 4. The van der Waals surface area contributed by atoms with E-state index >= 15 is 0 Å². The topological polar surface area (TPSA) is 107 Å². The van der Waals surface area contributed by atoms with Gasteiger partial charge in [-0.1, -0.05) is 6.42 Å². The summed E-state index contributed by atoms with van der Waals surface area (Å²) in [6.45, 7) is 4.40. The number of aryl methyl sites for hydroxylation is 2. The van der Waals surface area contributed by atoms with Gasteiger partial charge in [0.25, 0.3) is 0 Å². The van der Waals surface area contributed by atoms with Crippen LogP contribution >= 0.6 is 0 Å². The fourth-order valence-corrected chi connectivity index (χ4v) is 2.90. The SMILES string of the molecule is Cc1n[nH]c(C)c1NC(=O)CNCC1CCCC1C(=O)O. The fraction of sp³-hybridized carbons (Fsp3) is 0.643. The van der Waals surface area contributed by atoms with Gasteiger partial charge in [-0.25, -0.2) is 0 Å². The van der Waals surface area contributed by atoms with Gasteiger partial charge in [0.15, 0.2) is 0 Å². The van der Waals surface area contributed by atoms with Crippen molar-refractivity contribution >= 4 is 17.6 Å². The summed E-state index contributed by atoms with van der Waals surface area (Å²) in [5.41, 5.74) is 2.29. The summed E-state index contributed by atoms with van der Waals surface area (Å²) in [6, 6.07) is 0. The largest absolute Gasteiger partial charge is 0.481 e. The van der Waals surface area contributed by atoms with E-state index in [4.69, 9.17) is 5.11 Å². The molecule has 1 heterocycles. The maximum absolute atomic E-state index is 11.9. The smallest absolute Gasteiger partial charge is 0.306 e. The maximum atomic E-state index is 11.9. The zero-order valence-corrected chi connectivity index (χ0v) is 12.4. The Balaban J connectivity index is 1.76. The van der Waals surface area contributed by atoms with Gasteiger partial charge in [-0.3, -0.25) is 14.7 Å². The number of carboxylic acid groups (broad SMARTS) is 1. The second-order valence-electron chi connectivity index (χ2n) is 5.62. The molecule has 2 unspecified atom stereocenters. The third-order valence-corrected chi connectivity index (χ3v) is 4.06. The fourth-order valence-electron chi connectivity index (χ4n) is 2.90. The van der Waals surface area contributed by atoms with Gasteiger partial charge in [-0.15, -0.1) is 0 Å². The number of rotatable bonds is 6. The van der Waals surface area contributed by atoms with Crippen molar-refractivity contribution in [1.82, 2.24) is 15.5 Å². The number of anilines is 1. The maximum Gasteiger partial charge on any atom is 0.306 e. The van der Waals surface area contributed by atoms with Crippen molar-refractivity contribution in [3.8, 4) is 0 Å². The number of aliphatic carboxylic acids is 1. The van der Waals surface area contributed by atoms with E-state index in [0.29, 0.717) is 12.2 Å². The monoisotopic (exact) mass is 294 g/mol. The highest BCUT2D eigenvalue weighted by atomic mass is 16.4. The van der Waals surface area contributed by atoms with Gasteiger partial charge >= 0.3 is 5.97 Å². The first-order valence-corrected chi connectivity index (χ1v) is 7.24. The second-order valence-corrected chi connectivity index (χ2v) is 5.62. The molecule has 2 atom stereocenters. The standard InChI is InChI=1S/C14H22N4O3/c1-8-13(9(2)18-17-8)16-12(19)7-15-6-10-4-3-5-11(10)14(20)21/h10-11,15H,3-7H2,1-2H3,(H,16,19)(H,17,18)(H,20,21). The molecule has 4 N–H and O–H groups in total. The molecule has 1 saturated carbocycles. The average molecular weight is 294 g/mol. The Kier molecular flexibility index (Phi) is 4.95. The number of aromatic nitrogens is 2. The number of H-pyrrole nitrogens is 1. The van der Waals surface area contributed by atoms with E-state index in [1.807, 2.05) is 13.8 Å². The van der Waals surface area contributed by atoms with Crippen LogP contribution < -0.4 is 10.6 Å². The molecule has 1 aliphatic rings. The summed E-state index contributed by atoms with van der Waals surface area (Å²) < 4.78 is 0. The van der Waals surface area contributed by atoms with Gasteiger partial charge in [0, 0.05) is 0 Å². The van der Waals surface area contributed by atoms with Crippen LogP contribution in [0, 0.1) is 25.7 Å². The number of carboxylic acids is 1. The highest BCUT2D eigenvalue weighted by Gasteiger charge is 2.32. The lowest BCUT2D eigenvalue weighted by Gasteiger charge is -2.16. The Morgan fingerprint density at radius 1 is 1.38 bits per heavy atom. The summed E-state index contributed by atoms with van der Waals surface area (Å²) in [5, 5.41) is 21.8. The predicted octanol–water partition coefficient (Wildman–Crippen LogP) is 1.06. The molecule has 0 aromatic carbocycles. The highest BCUT2D eigenvalue weighted by Crippen LogP contribution is 2.31. The highest BCUT2D eigenvalue weighted by molar-refractivity contribution is 5.93. The minimum Gasteiger partial charge on any atom is -0.481 e. The molecule has 7 heteroatoms. The van der Waals surface area contributed by atoms with Crippen molar-refractivity contribution in [2.24, 2.45) is 11.8 Å². The van der Waals surface area contributed by atoms with E-state index in [1.165, 1.54) is 0 Å². The normalized spacial score (nSPS) is 21.4. The molecule has 116 valence electrons. The minimum absolute atomic E-state index is 0.118. The average Bonchev–Trinajstić information content (AvgIpc) is 3.01. The van der Waals surface area contributed by atoms with Crippen LogP contribution in [0.4, 0.5) is 5.69 Å². The lowest BCUT2D eigenvalue weighted by atomic mass is 9.96. The van der Waals surface area contributed by atoms with Crippen LogP contribution in [-0.2, 0) is 9.59 Å². The first-order chi connectivity index (χ1) is 9.99. The van der Waals surface area contributed by atoms with Gasteiger partial charge in [0.1, 0.15) is 0 Å². The Labute approximate surface area is 123 Å². The zero-order chi connectivity index (χ0) is 15.4. The van der Waals surface area contributed by atoms with Crippen molar-refractivity contribution in [3.05, 3.63) is 11.4 Å². The molecule has 0 saturated heterocycles. The molecule has 2 rings (SSSR count). The lowest BCUT2D eigenvalue weighted by Crippen LogP contribution is -2.34. The summed E-state index contributed by atoms with van der Waals surface area (Å²) >= 11 is 0. The van der Waals surface area contributed by atoms with Gasteiger partial charge in [0.05, 0.1) is 29.5 Å². The number of nitrogens with one attached hydrogen (secondary N) is 3. The van der Waals surface area contributed by atoms with E-state index in [0.717, 1.165) is 30.7 Å². The van der Waals surface area contributed by atoms with Crippen molar-refractivity contribution in [1.29, 1.82) is 0 Å². The predicted molar refractivity (Wildman–Crippen MR) is 78.0 cm³/mol. The molecule has 0 aliphatic heterocycles. The third kappa shape index (κ3) is 3.81. The van der Waals surface area contributed by atoms with Crippen LogP contribution in [0.3, 0.4) is 0 Å². The number of nitrogens with zero attached hydrogens (tertiary/aromatic N) is 1. The second kappa shape index (κ2) is 6.71. The molecule has 7 nitrogen and oxygen atoms in total. The molecule has 1 aromatic rings. The van der Waals surface area contributed by atoms with Crippen molar-refractivity contribution in [2.45, 2.75) is 33.1 Å². The van der Waals surface area contributed by atoms with Crippen LogP contribution in [0.25, 0.3) is 0 Å². The van der Waals surface area contributed by atoms with Crippen LogP contribution in [0.1, 0.15) is 30.7 Å². The zero-order valence-electron chi connectivity index (χ0n) is 12.4. The molecule has 21 heavy (non-hydrogen) atoms. The quantitative estimate of drug-likeness (QED) is 0.627. The first-order valence-electron chi connectivity index (χ1n) is 7.24. The summed E-state index contributed by atoms with van der Waals surface area (Å²) in [7, 11) is 0. The van der Waals surface area contributed by atoms with Crippen molar-refractivity contribution in [2.75, 3.05) is 18.4 Å². The Morgan fingerprint density at radius 3 is 2.76 bits per heavy atom. The van der Waals surface area contributed by atoms with E-state index in [9.17, 15) is 9.59 Å². The molecule has 0 spiro atoms. The molecule has 0 radical (unpaired) electrons. The Hall–Kier alpha value is -1.89. The number of amides is 1. The van der Waals surface area contributed by atoms with Crippen LogP contribution in [-0.4, -0.2) is 40.3 Å². The van der Waals surface area contributed by atoms with E-state index in [1.54, 1.807) is 0 Å². The number of aromatic amines is 1. The molecule has 1 amide bonds. The van der Waals surface area contributed by atoms with Gasteiger partial charge in [0.2, 0.25) is 5.91 Å². The third-order valence-electron chi connectivity index (χ3n) is 4.06. The van der Waals surface area contributed by atoms with Crippen LogP contribution in [0.15, 0.2) is 0 Å².